The number of ketones is 1. The van der Waals surface area contributed by atoms with Crippen molar-refractivity contribution in [3.63, 3.8) is 0 Å². The van der Waals surface area contributed by atoms with Gasteiger partial charge in [0.1, 0.15) is 27.3 Å². The molecular weight excluding hydrogens is 518 g/mol. The van der Waals surface area contributed by atoms with Crippen molar-refractivity contribution >= 4 is 50.1 Å². The van der Waals surface area contributed by atoms with E-state index in [1.165, 1.54) is 19.1 Å². The largest absolute Gasteiger partial charge is 1.00 e. The minimum Gasteiger partial charge on any atom is -0.744 e. The molecule has 0 aliphatic carbocycles. The van der Waals surface area contributed by atoms with E-state index < -0.39 is 10.1 Å². The Hall–Kier alpha value is -0.870. The molecule has 0 radical (unpaired) electrons. The molecule has 0 spiro atoms. The summed E-state index contributed by atoms with van der Waals surface area (Å²) in [5, 5.41) is 23.3. The number of hydrogen-bond donors (Lipinski definition) is 0. The average Bonchev–Trinajstić information content (AvgIpc) is 2.78. The van der Waals surface area contributed by atoms with E-state index in [0.717, 1.165) is 29.6 Å². The van der Waals surface area contributed by atoms with Gasteiger partial charge >= 0.3 is 59.1 Å². The predicted molar refractivity (Wildman–Crippen MR) is 116 cm³/mol. The number of benzene rings is 3. The summed E-state index contributed by atoms with van der Waals surface area (Å²) in [6.07, 6.45) is 0.930. The molecule has 174 valence electrons. The molecule has 0 heterocycles. The van der Waals surface area contributed by atoms with E-state index >= 15 is 0 Å². The molecule has 3 aromatic carbocycles. The molecule has 0 N–H and O–H groups in total. The van der Waals surface area contributed by atoms with Crippen LogP contribution in [0.3, 0.4) is 0 Å². The number of carbonyl (C=O) groups excluding carboxylic acids is 1. The molecule has 0 aliphatic rings. The molecule has 0 amide bonds. The van der Waals surface area contributed by atoms with Crippen LogP contribution < -0.4 is 69.1 Å². The van der Waals surface area contributed by atoms with Crippen LogP contribution in [0.4, 0.5) is 11.4 Å². The molecule has 0 unspecified atom stereocenters. The summed E-state index contributed by atoms with van der Waals surface area (Å²) >= 11 is 0.752. The summed E-state index contributed by atoms with van der Waals surface area (Å²) in [4.78, 5) is 11.4. The van der Waals surface area contributed by atoms with Gasteiger partial charge in [0.25, 0.3) is 0 Å². The van der Waals surface area contributed by atoms with Crippen molar-refractivity contribution in [3.8, 4) is 5.75 Å². The first-order chi connectivity index (χ1) is 15.8. The smallest absolute Gasteiger partial charge is 0.744 e. The molecule has 3 aromatic rings. The van der Waals surface area contributed by atoms with Gasteiger partial charge in [0, 0.05) is 16.7 Å². The Bertz CT molecular complexity index is 1270. The van der Waals surface area contributed by atoms with Gasteiger partial charge in [-0.2, -0.15) is 9.45 Å². The third-order valence-electron chi connectivity index (χ3n) is 4.41. The van der Waals surface area contributed by atoms with Gasteiger partial charge in [0.2, 0.25) is 0 Å². The number of carbonyl (C=O) groups is 1. The molecule has 35 heavy (non-hydrogen) atoms. The topological polar surface area (TPSA) is 150 Å². The van der Waals surface area contributed by atoms with Crippen LogP contribution in [-0.2, 0) is 24.3 Å². The van der Waals surface area contributed by atoms with Crippen molar-refractivity contribution in [1.29, 1.82) is 0 Å². The number of nitrogens with zero attached hydrogens (tertiary/aromatic N) is 2. The maximum Gasteiger partial charge on any atom is 1.00 e. The van der Waals surface area contributed by atoms with Gasteiger partial charge in [0.05, 0.1) is 29.2 Å². The van der Waals surface area contributed by atoms with Gasteiger partial charge in [0.15, 0.2) is 0 Å². The zero-order chi connectivity index (χ0) is 23.8. The van der Waals surface area contributed by atoms with Crippen LogP contribution in [0.25, 0.3) is 10.8 Å². The van der Waals surface area contributed by atoms with E-state index in [2.05, 4.69) is 19.6 Å². The number of fused-ring (bicyclic) bond motifs is 1. The van der Waals surface area contributed by atoms with Crippen LogP contribution in [0.15, 0.2) is 74.6 Å². The second-order valence-corrected chi connectivity index (χ2v) is 8.97. The Kier molecular flexibility index (Phi) is 14.1. The van der Waals surface area contributed by atoms with Gasteiger partial charge in [-0.1, -0.05) is 12.1 Å². The van der Waals surface area contributed by atoms with E-state index in [-0.39, 0.29) is 69.8 Å². The zero-order valence-electron chi connectivity index (χ0n) is 19.3. The zero-order valence-corrected chi connectivity index (χ0v) is 24.9. The first-order valence-corrected chi connectivity index (χ1v) is 11.7. The molecule has 0 atom stereocenters. The molecular formula is C21H18N2Na2O8S2. The summed E-state index contributed by atoms with van der Waals surface area (Å²) in [5.41, 5.74) is 0.739. The van der Waals surface area contributed by atoms with E-state index in [9.17, 15) is 23.0 Å². The van der Waals surface area contributed by atoms with Crippen LogP contribution in [0, 0.1) is 0 Å². The van der Waals surface area contributed by atoms with Crippen molar-refractivity contribution in [3.05, 3.63) is 54.6 Å². The molecule has 0 fully saturated rings. The van der Waals surface area contributed by atoms with Gasteiger partial charge in [-0.15, -0.1) is 5.11 Å². The molecule has 14 heteroatoms. The SMILES string of the molecule is CC(=O)CCCOc1ccc2cc(SOO[O-])ccc2c1N=Nc1ccc(S(=O)(=O)[O-])cc1.[Na+].[Na+]. The maximum absolute atomic E-state index is 11.2. The summed E-state index contributed by atoms with van der Waals surface area (Å²) in [7, 11) is -4.56. The predicted octanol–water partition coefficient (Wildman–Crippen LogP) is -1.85. The van der Waals surface area contributed by atoms with Gasteiger partial charge in [-0.25, -0.2) is 8.42 Å². The quantitative estimate of drug-likeness (QED) is 0.0523. The molecule has 0 aromatic heterocycles. The standard InChI is InChI=1S/C21H20N2O8S2.2Na/c1-14(24)3-2-12-29-20-11-4-15-13-17(32-31-30-25)7-10-19(15)21(20)23-22-16-5-8-18(9-6-16)33(26,27)28;;/h4-11,13,25H,2-3,12H2,1H3,(H,26,27,28);;/q;2*+1/p-2. The number of azo groups is 1. The second kappa shape index (κ2) is 15.4. The molecule has 0 aliphatic heterocycles. The third kappa shape index (κ3) is 9.84. The fraction of sp³-hybridized carbons (Fsp3) is 0.190. The Morgan fingerprint density at radius 3 is 2.37 bits per heavy atom. The van der Waals surface area contributed by atoms with E-state index in [1.54, 1.807) is 30.3 Å². The second-order valence-electron chi connectivity index (χ2n) is 6.82. The number of ether oxygens (including phenoxy) is 1. The van der Waals surface area contributed by atoms with Crippen molar-refractivity contribution < 1.29 is 96.2 Å². The summed E-state index contributed by atoms with van der Waals surface area (Å²) in [6.45, 7) is 1.81. The van der Waals surface area contributed by atoms with Crippen LogP contribution in [0.1, 0.15) is 19.8 Å². The summed E-state index contributed by atoms with van der Waals surface area (Å²) < 4.78 is 43.4. The summed E-state index contributed by atoms with van der Waals surface area (Å²) in [6, 6.07) is 13.7. The number of Topliss-reactive ketones (excluding diaryl/α,β-unsaturated/α-hetero) is 1. The minimum atomic E-state index is -4.56. The minimum absolute atomic E-state index is 0. The first-order valence-electron chi connectivity index (χ1n) is 9.58. The molecule has 0 saturated carbocycles. The van der Waals surface area contributed by atoms with E-state index in [0.29, 0.717) is 46.9 Å². The van der Waals surface area contributed by atoms with Gasteiger partial charge < -0.3 is 19.3 Å². The fourth-order valence-electron chi connectivity index (χ4n) is 2.89. The van der Waals surface area contributed by atoms with Crippen molar-refractivity contribution in [2.24, 2.45) is 10.2 Å². The number of hydrogen-bond acceptors (Lipinski definition) is 11. The van der Waals surface area contributed by atoms with Gasteiger partial charge in [-0.05, 0) is 61.2 Å². The Morgan fingerprint density at radius 1 is 1.03 bits per heavy atom. The fourth-order valence-corrected chi connectivity index (χ4v) is 3.76. The van der Waals surface area contributed by atoms with Crippen LogP contribution in [0.5, 0.6) is 5.75 Å². The van der Waals surface area contributed by atoms with Crippen molar-refractivity contribution in [2.45, 2.75) is 29.6 Å². The molecule has 10 nitrogen and oxygen atoms in total. The Morgan fingerprint density at radius 2 is 1.74 bits per heavy atom. The Balaban J connectivity index is 0.00000306. The monoisotopic (exact) mass is 536 g/mol. The van der Waals surface area contributed by atoms with Gasteiger partial charge in [-0.3, -0.25) is 5.04 Å². The normalized spacial score (nSPS) is 11.2. The third-order valence-corrected chi connectivity index (χ3v) is 5.82. The van der Waals surface area contributed by atoms with Crippen LogP contribution in [-0.4, -0.2) is 25.4 Å². The molecule has 0 bridgehead atoms. The number of rotatable bonds is 11. The maximum atomic E-state index is 11.2. The molecule has 3 rings (SSSR count). The Labute approximate surface area is 250 Å². The van der Waals surface area contributed by atoms with Crippen LogP contribution in [0.2, 0.25) is 0 Å². The summed E-state index contributed by atoms with van der Waals surface area (Å²) in [5.74, 6) is 0.503. The molecule has 0 saturated heterocycles. The van der Waals surface area contributed by atoms with E-state index in [1.807, 2.05) is 0 Å². The van der Waals surface area contributed by atoms with Crippen molar-refractivity contribution in [2.75, 3.05) is 6.61 Å². The first kappa shape index (κ1) is 32.2. The van der Waals surface area contributed by atoms with Crippen LogP contribution >= 0.6 is 12.0 Å². The van der Waals surface area contributed by atoms with Crippen molar-refractivity contribution in [1.82, 2.24) is 0 Å². The average molecular weight is 536 g/mol. The van der Waals surface area contributed by atoms with E-state index in [4.69, 9.17) is 4.74 Å².